The molecule has 0 spiro atoms. The zero-order chi connectivity index (χ0) is 24.9. The average molecular weight is 488 g/mol. The first kappa shape index (κ1) is 23.8. The molecule has 0 aliphatic carbocycles. The van der Waals surface area contributed by atoms with Crippen molar-refractivity contribution in [1.82, 2.24) is 15.0 Å². The van der Waals surface area contributed by atoms with Crippen molar-refractivity contribution in [3.8, 4) is 5.75 Å². The van der Waals surface area contributed by atoms with Crippen molar-refractivity contribution in [2.75, 3.05) is 46.6 Å². The highest BCUT2D eigenvalue weighted by molar-refractivity contribution is 6.06. The Bertz CT molecular complexity index is 1170. The molecule has 1 amide bonds. The van der Waals surface area contributed by atoms with Gasteiger partial charge in [-0.25, -0.2) is 0 Å². The zero-order valence-electron chi connectivity index (χ0n) is 20.7. The molecule has 5 rings (SSSR count). The number of benzene rings is 2. The highest BCUT2D eigenvalue weighted by atomic mass is 16.3. The molecule has 2 saturated heterocycles. The lowest BCUT2D eigenvalue weighted by molar-refractivity contribution is 0.102. The third-order valence-electron chi connectivity index (χ3n) is 6.77. The maximum atomic E-state index is 12.6. The van der Waals surface area contributed by atoms with Crippen molar-refractivity contribution in [2.45, 2.75) is 45.4 Å². The molecule has 3 aromatic rings. The molecule has 2 fully saturated rings. The molecule has 36 heavy (non-hydrogen) atoms. The van der Waals surface area contributed by atoms with Gasteiger partial charge in [0.05, 0.1) is 5.56 Å². The quantitative estimate of drug-likeness (QED) is 0.453. The van der Waals surface area contributed by atoms with E-state index in [-0.39, 0.29) is 17.2 Å². The van der Waals surface area contributed by atoms with Crippen LogP contribution in [0.25, 0.3) is 0 Å². The number of rotatable bonds is 6. The third-order valence-corrected chi connectivity index (χ3v) is 6.77. The average Bonchev–Trinajstić information content (AvgIpc) is 2.92. The molecule has 0 radical (unpaired) electrons. The van der Waals surface area contributed by atoms with Crippen LogP contribution < -0.4 is 20.4 Å². The van der Waals surface area contributed by atoms with E-state index in [4.69, 9.17) is 15.0 Å². The minimum Gasteiger partial charge on any atom is -0.507 e. The van der Waals surface area contributed by atoms with Gasteiger partial charge >= 0.3 is 0 Å². The van der Waals surface area contributed by atoms with E-state index in [1.54, 1.807) is 25.1 Å². The number of aromatic nitrogens is 3. The first-order chi connectivity index (χ1) is 17.6. The molecule has 3 heterocycles. The summed E-state index contributed by atoms with van der Waals surface area (Å²) in [5.74, 6) is 1.63. The first-order valence-corrected chi connectivity index (χ1v) is 12.8. The highest BCUT2D eigenvalue weighted by Gasteiger charge is 2.20. The van der Waals surface area contributed by atoms with Crippen LogP contribution in [-0.4, -0.2) is 52.1 Å². The van der Waals surface area contributed by atoms with Gasteiger partial charge in [0.25, 0.3) is 5.91 Å². The van der Waals surface area contributed by atoms with Crippen LogP contribution in [0.4, 0.5) is 29.2 Å². The van der Waals surface area contributed by atoms with Crippen molar-refractivity contribution in [2.24, 2.45) is 0 Å². The summed E-state index contributed by atoms with van der Waals surface area (Å²) in [5.41, 5.74) is 2.35. The molecular weight excluding hydrogens is 454 g/mol. The van der Waals surface area contributed by atoms with Crippen molar-refractivity contribution >= 4 is 35.1 Å². The van der Waals surface area contributed by atoms with Gasteiger partial charge in [0.15, 0.2) is 0 Å². The third kappa shape index (κ3) is 5.50. The second kappa shape index (κ2) is 10.8. The lowest BCUT2D eigenvalue weighted by Crippen LogP contribution is -2.34. The number of hydrogen-bond donors (Lipinski definition) is 3. The Morgan fingerprint density at radius 2 is 1.33 bits per heavy atom. The van der Waals surface area contributed by atoms with E-state index in [1.807, 2.05) is 24.3 Å². The van der Waals surface area contributed by atoms with Crippen LogP contribution in [0.15, 0.2) is 42.5 Å². The number of carbonyl (C=O) groups is 1. The Kier molecular flexibility index (Phi) is 7.16. The molecule has 0 bridgehead atoms. The molecule has 0 unspecified atom stereocenters. The largest absolute Gasteiger partial charge is 0.507 e. The lowest BCUT2D eigenvalue weighted by atomic mass is 10.1. The van der Waals surface area contributed by atoms with E-state index in [0.29, 0.717) is 17.2 Å². The maximum Gasteiger partial charge on any atom is 0.259 e. The minimum absolute atomic E-state index is 0.00265. The van der Waals surface area contributed by atoms with Gasteiger partial charge in [-0.2, -0.15) is 15.0 Å². The molecule has 9 heteroatoms. The molecule has 2 aliphatic heterocycles. The van der Waals surface area contributed by atoms with Gasteiger partial charge in [0.2, 0.25) is 17.8 Å². The summed E-state index contributed by atoms with van der Waals surface area (Å²) in [6, 6.07) is 12.5. The number of nitrogens with zero attached hydrogens (tertiary/aromatic N) is 5. The summed E-state index contributed by atoms with van der Waals surface area (Å²) in [4.78, 5) is 31.4. The summed E-state index contributed by atoms with van der Waals surface area (Å²) in [6.45, 7) is 5.63. The first-order valence-electron chi connectivity index (χ1n) is 12.8. The fourth-order valence-electron chi connectivity index (χ4n) is 4.69. The Morgan fingerprint density at radius 3 is 1.92 bits per heavy atom. The fraction of sp³-hybridized carbons (Fsp3) is 0.407. The molecule has 0 atom stereocenters. The van der Waals surface area contributed by atoms with Crippen LogP contribution >= 0.6 is 0 Å². The van der Waals surface area contributed by atoms with E-state index in [1.165, 1.54) is 12.8 Å². The molecule has 0 saturated carbocycles. The number of aromatic hydroxyl groups is 1. The van der Waals surface area contributed by atoms with Crippen molar-refractivity contribution in [3.63, 3.8) is 0 Å². The molecule has 9 nitrogen and oxygen atoms in total. The van der Waals surface area contributed by atoms with Crippen LogP contribution in [0.3, 0.4) is 0 Å². The molecule has 2 aromatic carbocycles. The number of carbonyl (C=O) groups excluding carboxylic acids is 1. The summed E-state index contributed by atoms with van der Waals surface area (Å²) in [5, 5.41) is 16.4. The Labute approximate surface area is 211 Å². The van der Waals surface area contributed by atoms with E-state index in [2.05, 4.69) is 20.4 Å². The van der Waals surface area contributed by atoms with Gasteiger partial charge in [-0.05, 0) is 81.3 Å². The van der Waals surface area contributed by atoms with E-state index >= 15 is 0 Å². The number of para-hydroxylation sites is 1. The summed E-state index contributed by atoms with van der Waals surface area (Å²) >= 11 is 0. The topological polar surface area (TPSA) is 107 Å². The van der Waals surface area contributed by atoms with E-state index < -0.39 is 0 Å². The van der Waals surface area contributed by atoms with Gasteiger partial charge in [-0.15, -0.1) is 0 Å². The van der Waals surface area contributed by atoms with Crippen LogP contribution in [-0.2, 0) is 0 Å². The van der Waals surface area contributed by atoms with Crippen LogP contribution in [0, 0.1) is 6.92 Å². The Morgan fingerprint density at radius 1 is 0.778 bits per heavy atom. The van der Waals surface area contributed by atoms with Crippen molar-refractivity contribution < 1.29 is 9.90 Å². The molecular formula is C27H33N7O2. The second-order valence-electron chi connectivity index (χ2n) is 9.48. The van der Waals surface area contributed by atoms with Gasteiger partial charge < -0.3 is 25.5 Å². The normalized spacial score (nSPS) is 16.0. The van der Waals surface area contributed by atoms with Gasteiger partial charge in [0, 0.05) is 37.6 Å². The number of hydrogen-bond acceptors (Lipinski definition) is 8. The number of piperidine rings is 2. The van der Waals surface area contributed by atoms with Crippen LogP contribution in [0.2, 0.25) is 0 Å². The number of phenolic OH excluding ortho intramolecular Hbond substituents is 1. The number of phenols is 1. The van der Waals surface area contributed by atoms with Gasteiger partial charge in [-0.3, -0.25) is 4.79 Å². The van der Waals surface area contributed by atoms with Crippen molar-refractivity contribution in [3.05, 3.63) is 53.6 Å². The standard InChI is InChI=1S/C27H33N7O2/c1-19-9-8-10-22(23(19)35)24(36)28-20-11-13-21(14-12-20)29-25-30-26(33-15-4-2-5-16-33)32-27(31-25)34-17-6-3-7-18-34/h8-14,35H,2-7,15-18H2,1H3,(H,28,36)(H,29,30,31,32). The molecule has 188 valence electrons. The van der Waals surface area contributed by atoms with Gasteiger partial charge in [-0.1, -0.05) is 12.1 Å². The minimum atomic E-state index is -0.355. The zero-order valence-corrected chi connectivity index (χ0v) is 20.7. The molecule has 1 aromatic heterocycles. The summed E-state index contributed by atoms with van der Waals surface area (Å²) in [7, 11) is 0. The lowest BCUT2D eigenvalue weighted by Gasteiger charge is -2.30. The maximum absolute atomic E-state index is 12.6. The highest BCUT2D eigenvalue weighted by Crippen LogP contribution is 2.26. The van der Waals surface area contributed by atoms with E-state index in [0.717, 1.165) is 69.4 Å². The predicted molar refractivity (Wildman–Crippen MR) is 142 cm³/mol. The van der Waals surface area contributed by atoms with Crippen LogP contribution in [0.5, 0.6) is 5.75 Å². The SMILES string of the molecule is Cc1cccc(C(=O)Nc2ccc(Nc3nc(N4CCCCC4)nc(N4CCCCC4)n3)cc2)c1O. The number of amides is 1. The monoisotopic (exact) mass is 487 g/mol. The Balaban J connectivity index is 1.32. The predicted octanol–water partition coefficient (Wildman–Crippen LogP) is 4.86. The number of nitrogens with one attached hydrogen (secondary N) is 2. The van der Waals surface area contributed by atoms with Gasteiger partial charge in [0.1, 0.15) is 5.75 Å². The number of anilines is 5. The molecule has 3 N–H and O–H groups in total. The number of aryl methyl sites for hydroxylation is 1. The fourth-order valence-corrected chi connectivity index (χ4v) is 4.69. The van der Waals surface area contributed by atoms with Crippen molar-refractivity contribution in [1.29, 1.82) is 0 Å². The van der Waals surface area contributed by atoms with E-state index in [9.17, 15) is 9.90 Å². The molecule has 2 aliphatic rings. The summed E-state index contributed by atoms with van der Waals surface area (Å²) < 4.78 is 0. The smallest absolute Gasteiger partial charge is 0.259 e. The second-order valence-corrected chi connectivity index (χ2v) is 9.48. The Hall–Kier alpha value is -3.88. The summed E-state index contributed by atoms with van der Waals surface area (Å²) in [6.07, 6.45) is 7.11. The van der Waals surface area contributed by atoms with Crippen LogP contribution in [0.1, 0.15) is 54.4 Å².